The third-order valence-corrected chi connectivity index (χ3v) is 9.16. The van der Waals surface area contributed by atoms with Crippen molar-refractivity contribution in [1.29, 1.82) is 0 Å². The standard InChI is InChI=1S/C30H34N4O2S/c1-3-4-10-19-37-29-32-31-28-33(22-13-15-23(36-2)16-14-22)27(35)25-26(34(28)29)24-12-7-6-11-21(24)20-30(25)17-8-5-9-18-30/h6-7,11-16H,3-5,8-10,17-20H2,1-2H3. The van der Waals surface area contributed by atoms with Crippen LogP contribution in [0.1, 0.15) is 69.4 Å². The second kappa shape index (κ2) is 10.0. The van der Waals surface area contributed by atoms with Crippen LogP contribution in [-0.2, 0) is 11.8 Å². The fourth-order valence-corrected chi connectivity index (χ4v) is 7.27. The number of hydrogen-bond donors (Lipinski definition) is 0. The summed E-state index contributed by atoms with van der Waals surface area (Å²) in [5.74, 6) is 2.32. The van der Waals surface area contributed by atoms with E-state index in [1.165, 1.54) is 24.8 Å². The highest BCUT2D eigenvalue weighted by atomic mass is 32.2. The number of ether oxygens (including phenoxy) is 1. The molecule has 192 valence electrons. The maximum Gasteiger partial charge on any atom is 0.263 e. The molecule has 0 aliphatic heterocycles. The molecule has 2 heterocycles. The number of methoxy groups -OCH3 is 1. The summed E-state index contributed by atoms with van der Waals surface area (Å²) in [6, 6.07) is 16.3. The van der Waals surface area contributed by atoms with E-state index in [1.807, 2.05) is 24.3 Å². The lowest BCUT2D eigenvalue weighted by molar-refractivity contribution is 0.284. The number of aromatic nitrogens is 4. The van der Waals surface area contributed by atoms with E-state index in [1.54, 1.807) is 23.4 Å². The first-order valence-electron chi connectivity index (χ1n) is 13.6. The van der Waals surface area contributed by atoms with E-state index in [2.05, 4.69) is 45.8 Å². The highest BCUT2D eigenvalue weighted by Crippen LogP contribution is 2.49. The van der Waals surface area contributed by atoms with Gasteiger partial charge >= 0.3 is 0 Å². The molecule has 7 heteroatoms. The number of nitrogens with zero attached hydrogens (tertiary/aromatic N) is 4. The second-order valence-electron chi connectivity index (χ2n) is 10.4. The Kier molecular flexibility index (Phi) is 6.57. The molecule has 0 saturated heterocycles. The van der Waals surface area contributed by atoms with Crippen LogP contribution in [0.2, 0.25) is 0 Å². The molecule has 2 aromatic carbocycles. The summed E-state index contributed by atoms with van der Waals surface area (Å²) in [5.41, 5.74) is 5.11. The van der Waals surface area contributed by atoms with Gasteiger partial charge in [0.05, 0.1) is 18.5 Å². The van der Waals surface area contributed by atoms with Crippen molar-refractivity contribution in [2.24, 2.45) is 0 Å². The lowest BCUT2D eigenvalue weighted by atomic mass is 9.62. The Morgan fingerprint density at radius 2 is 1.78 bits per heavy atom. The molecule has 0 unspecified atom stereocenters. The Hall–Kier alpha value is -3.06. The zero-order valence-corrected chi connectivity index (χ0v) is 22.5. The van der Waals surface area contributed by atoms with Crippen LogP contribution in [0.5, 0.6) is 5.75 Å². The van der Waals surface area contributed by atoms with Crippen molar-refractivity contribution in [3.8, 4) is 22.7 Å². The first kappa shape index (κ1) is 24.3. The molecule has 2 aliphatic carbocycles. The van der Waals surface area contributed by atoms with Crippen molar-refractivity contribution in [2.45, 2.75) is 75.3 Å². The van der Waals surface area contributed by atoms with Crippen molar-refractivity contribution in [3.63, 3.8) is 0 Å². The van der Waals surface area contributed by atoms with Gasteiger partial charge in [0.1, 0.15) is 5.75 Å². The van der Waals surface area contributed by atoms with E-state index in [0.29, 0.717) is 5.78 Å². The maximum atomic E-state index is 14.6. The van der Waals surface area contributed by atoms with Gasteiger partial charge in [-0.15, -0.1) is 10.2 Å². The minimum Gasteiger partial charge on any atom is -0.497 e. The normalized spacial score (nSPS) is 16.1. The molecule has 1 saturated carbocycles. The molecular weight excluding hydrogens is 480 g/mol. The zero-order chi connectivity index (χ0) is 25.4. The van der Waals surface area contributed by atoms with Gasteiger partial charge in [-0.05, 0) is 55.5 Å². The number of thioether (sulfide) groups is 1. The average Bonchev–Trinajstić information content (AvgIpc) is 3.35. The molecular formula is C30H34N4O2S. The molecule has 2 aromatic heterocycles. The van der Waals surface area contributed by atoms with Gasteiger partial charge < -0.3 is 4.74 Å². The lowest BCUT2D eigenvalue weighted by Gasteiger charge is -2.42. The van der Waals surface area contributed by atoms with Crippen LogP contribution in [0.25, 0.3) is 22.7 Å². The first-order valence-corrected chi connectivity index (χ1v) is 14.6. The van der Waals surface area contributed by atoms with Crippen molar-refractivity contribution in [2.75, 3.05) is 12.9 Å². The van der Waals surface area contributed by atoms with Gasteiger partial charge in [-0.25, -0.2) is 4.57 Å². The van der Waals surface area contributed by atoms with Gasteiger partial charge in [-0.3, -0.25) is 9.20 Å². The third-order valence-electron chi connectivity index (χ3n) is 8.15. The van der Waals surface area contributed by atoms with Crippen LogP contribution >= 0.6 is 11.8 Å². The van der Waals surface area contributed by atoms with Crippen molar-refractivity contribution in [1.82, 2.24) is 19.2 Å². The van der Waals surface area contributed by atoms with Crippen LogP contribution < -0.4 is 10.3 Å². The fourth-order valence-electron chi connectivity index (χ4n) is 6.34. The number of fused-ring (bicyclic) bond motifs is 6. The number of rotatable bonds is 7. The maximum absolute atomic E-state index is 14.6. The minimum absolute atomic E-state index is 0.0407. The molecule has 0 N–H and O–H groups in total. The van der Waals surface area contributed by atoms with Crippen molar-refractivity contribution in [3.05, 3.63) is 70.0 Å². The third kappa shape index (κ3) is 4.08. The number of benzene rings is 2. The molecule has 0 bridgehead atoms. The predicted molar refractivity (Wildman–Crippen MR) is 149 cm³/mol. The Balaban J connectivity index is 1.67. The minimum atomic E-state index is -0.157. The van der Waals surface area contributed by atoms with E-state index in [0.717, 1.165) is 77.7 Å². The van der Waals surface area contributed by atoms with Gasteiger partial charge in [-0.1, -0.05) is 75.1 Å². The molecule has 0 radical (unpaired) electrons. The Labute approximate surface area is 222 Å². The smallest absolute Gasteiger partial charge is 0.263 e. The monoisotopic (exact) mass is 514 g/mol. The van der Waals surface area contributed by atoms with Crippen LogP contribution in [0.4, 0.5) is 0 Å². The van der Waals surface area contributed by atoms with Gasteiger partial charge in [0.2, 0.25) is 5.78 Å². The summed E-state index contributed by atoms with van der Waals surface area (Å²) in [6.45, 7) is 2.22. The topological polar surface area (TPSA) is 61.4 Å². The fraction of sp³-hybridized carbons (Fsp3) is 0.433. The highest BCUT2D eigenvalue weighted by molar-refractivity contribution is 7.99. The van der Waals surface area contributed by atoms with E-state index in [-0.39, 0.29) is 11.0 Å². The molecule has 0 amide bonds. The highest BCUT2D eigenvalue weighted by Gasteiger charge is 2.44. The van der Waals surface area contributed by atoms with E-state index < -0.39 is 0 Å². The molecule has 6 rings (SSSR count). The summed E-state index contributed by atoms with van der Waals surface area (Å²) in [7, 11) is 1.66. The zero-order valence-electron chi connectivity index (χ0n) is 21.7. The van der Waals surface area contributed by atoms with Gasteiger partial charge in [-0.2, -0.15) is 0 Å². The van der Waals surface area contributed by atoms with Crippen molar-refractivity contribution >= 4 is 17.5 Å². The predicted octanol–water partition coefficient (Wildman–Crippen LogP) is 6.60. The molecule has 37 heavy (non-hydrogen) atoms. The van der Waals surface area contributed by atoms with Gasteiger partial charge in [0.15, 0.2) is 5.16 Å². The van der Waals surface area contributed by atoms with Crippen LogP contribution in [-0.4, -0.2) is 32.0 Å². The van der Waals surface area contributed by atoms with Crippen molar-refractivity contribution < 1.29 is 4.74 Å². The van der Waals surface area contributed by atoms with Crippen LogP contribution in [0, 0.1) is 0 Å². The molecule has 0 atom stereocenters. The average molecular weight is 515 g/mol. The summed E-state index contributed by atoms with van der Waals surface area (Å²) in [4.78, 5) is 14.6. The summed E-state index contributed by atoms with van der Waals surface area (Å²) in [5, 5.41) is 10.2. The summed E-state index contributed by atoms with van der Waals surface area (Å²) < 4.78 is 9.36. The van der Waals surface area contributed by atoms with Crippen LogP contribution in [0.15, 0.2) is 58.5 Å². The quantitative estimate of drug-likeness (QED) is 0.205. The number of unbranched alkanes of at least 4 members (excludes halogenated alkanes) is 2. The number of hydrogen-bond acceptors (Lipinski definition) is 5. The summed E-state index contributed by atoms with van der Waals surface area (Å²) >= 11 is 1.75. The molecule has 1 spiro atoms. The van der Waals surface area contributed by atoms with Crippen LogP contribution in [0.3, 0.4) is 0 Å². The first-order chi connectivity index (χ1) is 18.2. The molecule has 4 aromatic rings. The Morgan fingerprint density at radius 1 is 1.00 bits per heavy atom. The van der Waals surface area contributed by atoms with Gasteiger partial charge in [0.25, 0.3) is 5.56 Å². The lowest BCUT2D eigenvalue weighted by Crippen LogP contribution is -2.43. The second-order valence-corrected chi connectivity index (χ2v) is 11.5. The Morgan fingerprint density at radius 3 is 2.54 bits per heavy atom. The largest absolute Gasteiger partial charge is 0.497 e. The van der Waals surface area contributed by atoms with E-state index >= 15 is 0 Å². The molecule has 2 aliphatic rings. The Bertz CT molecular complexity index is 1480. The molecule has 1 fully saturated rings. The summed E-state index contributed by atoms with van der Waals surface area (Å²) in [6.07, 6.45) is 10.1. The van der Waals surface area contributed by atoms with Gasteiger partial charge in [0, 0.05) is 22.3 Å². The molecule has 6 nitrogen and oxygen atoms in total. The van der Waals surface area contributed by atoms with E-state index in [4.69, 9.17) is 4.74 Å². The SMILES string of the molecule is CCCCCSc1nnc2n(-c3ccc(OC)cc3)c(=O)c3c(n12)-c1ccccc1CC31CCCCC1. The van der Waals surface area contributed by atoms with E-state index in [9.17, 15) is 4.79 Å².